The fraction of sp³-hybridized carbons (Fsp3) is 0.583. The molecule has 0 saturated heterocycles. The highest BCUT2D eigenvalue weighted by Gasteiger charge is 2.16. The first-order valence-corrected chi connectivity index (χ1v) is 5.79. The summed E-state index contributed by atoms with van der Waals surface area (Å²) in [6.45, 7) is 7.77. The molecular weight excluding hydrogens is 218 g/mol. The molecule has 0 aliphatic heterocycles. The Balaban J connectivity index is 2.94. The Bertz CT molecular complexity index is 405. The number of anilines is 1. The molecule has 1 aromatic heterocycles. The maximum absolute atomic E-state index is 10.9. The molecule has 17 heavy (non-hydrogen) atoms. The van der Waals surface area contributed by atoms with Gasteiger partial charge in [0.2, 0.25) is 5.95 Å². The molecule has 94 valence electrons. The van der Waals surface area contributed by atoms with Crippen molar-refractivity contribution in [2.75, 3.05) is 5.32 Å². The van der Waals surface area contributed by atoms with E-state index in [-0.39, 0.29) is 0 Å². The zero-order valence-electron chi connectivity index (χ0n) is 10.7. The zero-order valence-corrected chi connectivity index (χ0v) is 10.7. The normalized spacial score (nSPS) is 12.5. The van der Waals surface area contributed by atoms with Gasteiger partial charge in [0.15, 0.2) is 0 Å². The number of hydrogen-bond donors (Lipinski definition) is 2. The van der Waals surface area contributed by atoms with Crippen LogP contribution in [0, 0.1) is 6.92 Å². The van der Waals surface area contributed by atoms with E-state index in [0.717, 1.165) is 11.4 Å². The molecule has 0 bridgehead atoms. The van der Waals surface area contributed by atoms with Gasteiger partial charge in [-0.1, -0.05) is 20.8 Å². The van der Waals surface area contributed by atoms with Gasteiger partial charge in [0.05, 0.1) is 0 Å². The van der Waals surface area contributed by atoms with Gasteiger partial charge < -0.3 is 10.4 Å². The topological polar surface area (TPSA) is 75.1 Å². The predicted molar refractivity (Wildman–Crippen MR) is 66.2 cm³/mol. The van der Waals surface area contributed by atoms with Crippen molar-refractivity contribution in [1.82, 2.24) is 9.97 Å². The molecule has 1 aromatic rings. The first kappa shape index (κ1) is 13.4. The quantitative estimate of drug-likeness (QED) is 0.821. The van der Waals surface area contributed by atoms with E-state index in [1.165, 1.54) is 0 Å². The summed E-state index contributed by atoms with van der Waals surface area (Å²) in [7, 11) is 0. The van der Waals surface area contributed by atoms with Crippen LogP contribution in [0.3, 0.4) is 0 Å². The molecule has 0 aliphatic rings. The van der Waals surface area contributed by atoms with Gasteiger partial charge in [-0.3, -0.25) is 0 Å². The molecule has 5 nitrogen and oxygen atoms in total. The number of hydrogen-bond acceptors (Lipinski definition) is 4. The first-order valence-electron chi connectivity index (χ1n) is 5.79. The van der Waals surface area contributed by atoms with Crippen molar-refractivity contribution in [3.05, 3.63) is 17.5 Å². The molecule has 1 unspecified atom stereocenters. The number of carbonyl (C=O) groups is 1. The first-order chi connectivity index (χ1) is 7.93. The van der Waals surface area contributed by atoms with Crippen LogP contribution in [-0.4, -0.2) is 27.1 Å². The number of nitrogens with one attached hydrogen (secondary N) is 1. The molecule has 0 saturated carbocycles. The fourth-order valence-electron chi connectivity index (χ4n) is 1.45. The molecule has 2 N–H and O–H groups in total. The average Bonchev–Trinajstić information content (AvgIpc) is 2.24. The van der Waals surface area contributed by atoms with Crippen LogP contribution < -0.4 is 5.32 Å². The maximum Gasteiger partial charge on any atom is 0.326 e. The highest BCUT2D eigenvalue weighted by Crippen LogP contribution is 2.15. The minimum atomic E-state index is -0.885. The summed E-state index contributed by atoms with van der Waals surface area (Å²) in [5, 5.41) is 11.8. The van der Waals surface area contributed by atoms with Gasteiger partial charge >= 0.3 is 5.97 Å². The molecule has 0 aromatic carbocycles. The third kappa shape index (κ3) is 3.69. The molecule has 1 rings (SSSR count). The van der Waals surface area contributed by atoms with E-state index in [0.29, 0.717) is 18.3 Å². The van der Waals surface area contributed by atoms with E-state index in [2.05, 4.69) is 15.3 Å². The van der Waals surface area contributed by atoms with Gasteiger partial charge in [-0.05, 0) is 25.3 Å². The molecule has 1 heterocycles. The van der Waals surface area contributed by atoms with Crippen molar-refractivity contribution in [2.24, 2.45) is 0 Å². The van der Waals surface area contributed by atoms with Crippen LogP contribution in [0.2, 0.25) is 0 Å². The van der Waals surface area contributed by atoms with Gasteiger partial charge in [-0.2, -0.15) is 0 Å². The van der Waals surface area contributed by atoms with E-state index >= 15 is 0 Å². The van der Waals surface area contributed by atoms with Crippen LogP contribution in [0.4, 0.5) is 5.95 Å². The lowest BCUT2D eigenvalue weighted by molar-refractivity contribution is -0.138. The Hall–Kier alpha value is -1.65. The summed E-state index contributed by atoms with van der Waals surface area (Å²) >= 11 is 0. The largest absolute Gasteiger partial charge is 0.480 e. The van der Waals surface area contributed by atoms with E-state index in [1.54, 1.807) is 0 Å². The van der Waals surface area contributed by atoms with E-state index < -0.39 is 12.0 Å². The van der Waals surface area contributed by atoms with Crippen LogP contribution in [0.5, 0.6) is 0 Å². The van der Waals surface area contributed by atoms with Crippen molar-refractivity contribution in [2.45, 2.75) is 46.1 Å². The van der Waals surface area contributed by atoms with Gasteiger partial charge in [-0.25, -0.2) is 14.8 Å². The number of aliphatic carboxylic acids is 1. The zero-order chi connectivity index (χ0) is 13.0. The van der Waals surface area contributed by atoms with Crippen LogP contribution in [0.1, 0.15) is 44.5 Å². The highest BCUT2D eigenvalue weighted by atomic mass is 16.4. The molecule has 0 spiro atoms. The molecule has 1 atom stereocenters. The Morgan fingerprint density at radius 2 is 2.12 bits per heavy atom. The second-order valence-corrected chi connectivity index (χ2v) is 4.36. The van der Waals surface area contributed by atoms with Crippen LogP contribution in [-0.2, 0) is 4.79 Å². The summed E-state index contributed by atoms with van der Waals surface area (Å²) in [6.07, 6.45) is 0.490. The highest BCUT2D eigenvalue weighted by molar-refractivity contribution is 5.76. The lowest BCUT2D eigenvalue weighted by atomic mass is 10.1. The Morgan fingerprint density at radius 3 is 2.59 bits per heavy atom. The minimum absolute atomic E-state index is 0.294. The summed E-state index contributed by atoms with van der Waals surface area (Å²) in [5.74, 6) is -0.200. The van der Waals surface area contributed by atoms with Crippen molar-refractivity contribution in [3.63, 3.8) is 0 Å². The second kappa shape index (κ2) is 5.61. The molecule has 0 radical (unpaired) electrons. The van der Waals surface area contributed by atoms with E-state index in [4.69, 9.17) is 5.11 Å². The fourth-order valence-corrected chi connectivity index (χ4v) is 1.45. The number of aromatic nitrogens is 2. The number of nitrogens with zero attached hydrogens (tertiary/aromatic N) is 2. The summed E-state index contributed by atoms with van der Waals surface area (Å²) < 4.78 is 0. The molecule has 0 aliphatic carbocycles. The third-order valence-corrected chi connectivity index (χ3v) is 2.48. The number of carboxylic acid groups (broad SMARTS) is 1. The van der Waals surface area contributed by atoms with Gasteiger partial charge in [0.1, 0.15) is 6.04 Å². The van der Waals surface area contributed by atoms with Crippen LogP contribution >= 0.6 is 0 Å². The Morgan fingerprint density at radius 1 is 1.47 bits per heavy atom. The monoisotopic (exact) mass is 237 g/mol. The van der Waals surface area contributed by atoms with Crippen LogP contribution in [0.25, 0.3) is 0 Å². The standard InChI is InChI=1S/C12H19N3O2/c1-5-9(11(16)17)14-12-13-8(4)6-10(15-12)7(2)3/h6-7,9H,5H2,1-4H3,(H,16,17)(H,13,14,15). The number of aryl methyl sites for hydroxylation is 1. The second-order valence-electron chi connectivity index (χ2n) is 4.36. The number of rotatable bonds is 5. The van der Waals surface area contributed by atoms with Crippen molar-refractivity contribution >= 4 is 11.9 Å². The summed E-state index contributed by atoms with van der Waals surface area (Å²) in [5.41, 5.74) is 1.76. The van der Waals surface area contributed by atoms with Crippen molar-refractivity contribution in [3.8, 4) is 0 Å². The smallest absolute Gasteiger partial charge is 0.326 e. The number of carboxylic acids is 1. The van der Waals surface area contributed by atoms with Crippen molar-refractivity contribution < 1.29 is 9.90 Å². The maximum atomic E-state index is 10.9. The average molecular weight is 237 g/mol. The van der Waals surface area contributed by atoms with Gasteiger partial charge in [0.25, 0.3) is 0 Å². The summed E-state index contributed by atoms with van der Waals surface area (Å²) in [4.78, 5) is 19.4. The predicted octanol–water partition coefficient (Wildman–Crippen LogP) is 2.18. The lowest BCUT2D eigenvalue weighted by Gasteiger charge is -2.14. The SMILES string of the molecule is CCC(Nc1nc(C)cc(C(C)C)n1)C(=O)O. The lowest BCUT2D eigenvalue weighted by Crippen LogP contribution is -2.29. The molecule has 0 amide bonds. The van der Waals surface area contributed by atoms with Gasteiger partial charge in [0, 0.05) is 11.4 Å². The molecule has 0 fully saturated rings. The van der Waals surface area contributed by atoms with Crippen LogP contribution in [0.15, 0.2) is 6.07 Å². The van der Waals surface area contributed by atoms with E-state index in [9.17, 15) is 4.79 Å². The summed E-state index contributed by atoms with van der Waals surface area (Å²) in [6, 6.07) is 1.27. The van der Waals surface area contributed by atoms with E-state index in [1.807, 2.05) is 33.8 Å². The van der Waals surface area contributed by atoms with Gasteiger partial charge in [-0.15, -0.1) is 0 Å². The third-order valence-electron chi connectivity index (χ3n) is 2.48. The minimum Gasteiger partial charge on any atom is -0.480 e. The Labute approximate surface area is 101 Å². The van der Waals surface area contributed by atoms with Crippen molar-refractivity contribution in [1.29, 1.82) is 0 Å². The molecule has 5 heteroatoms. The Kier molecular flexibility index (Phi) is 4.43. The molecular formula is C12H19N3O2.